The normalized spacial score (nSPS) is 11.4. The molecule has 1 amide bonds. The predicted molar refractivity (Wildman–Crippen MR) is 56.6 cm³/mol. The van der Waals surface area contributed by atoms with Gasteiger partial charge in [0.15, 0.2) is 0 Å². The second-order valence-corrected chi connectivity index (χ2v) is 3.60. The van der Waals surface area contributed by atoms with Gasteiger partial charge in [0.2, 0.25) is 5.91 Å². The summed E-state index contributed by atoms with van der Waals surface area (Å²) in [6.45, 7) is 9.06. The van der Waals surface area contributed by atoms with Gasteiger partial charge in [0.1, 0.15) is 0 Å². The number of nitrogens with one attached hydrogen (secondary N) is 1. The van der Waals surface area contributed by atoms with E-state index < -0.39 is 0 Å². The zero-order valence-electron chi connectivity index (χ0n) is 9.44. The predicted octanol–water partition coefficient (Wildman–Crippen LogP) is 2.73. The Bertz CT molecular complexity index is 150. The van der Waals surface area contributed by atoms with E-state index in [-0.39, 0.29) is 11.3 Å². The maximum Gasteiger partial charge on any atom is 0.226 e. The van der Waals surface area contributed by atoms with Crippen molar-refractivity contribution >= 4 is 5.91 Å². The highest BCUT2D eigenvalue weighted by Crippen LogP contribution is 2.32. The van der Waals surface area contributed by atoms with Gasteiger partial charge in [-0.05, 0) is 26.2 Å². The molecule has 0 aliphatic heterocycles. The number of carbonyl (C=O) groups excluding carboxylic acids is 1. The highest BCUT2D eigenvalue weighted by Gasteiger charge is 2.32. The molecule has 78 valence electrons. The van der Waals surface area contributed by atoms with E-state index in [9.17, 15) is 4.79 Å². The monoisotopic (exact) mass is 185 g/mol. The summed E-state index contributed by atoms with van der Waals surface area (Å²) in [6.07, 6.45) is 3.98. The molecule has 13 heavy (non-hydrogen) atoms. The third kappa shape index (κ3) is 3.02. The lowest BCUT2D eigenvalue weighted by Gasteiger charge is -2.29. The van der Waals surface area contributed by atoms with E-state index in [1.807, 2.05) is 6.92 Å². The lowest BCUT2D eigenvalue weighted by molar-refractivity contribution is -0.131. The van der Waals surface area contributed by atoms with Gasteiger partial charge in [0.25, 0.3) is 0 Å². The molecule has 0 bridgehead atoms. The summed E-state index contributed by atoms with van der Waals surface area (Å²) in [5.74, 6) is 0.238. The maximum atomic E-state index is 11.8. The summed E-state index contributed by atoms with van der Waals surface area (Å²) in [7, 11) is 0. The van der Waals surface area contributed by atoms with Crippen molar-refractivity contribution in [1.82, 2.24) is 5.32 Å². The van der Waals surface area contributed by atoms with Crippen molar-refractivity contribution in [3.63, 3.8) is 0 Å². The average molecular weight is 185 g/mol. The fourth-order valence-corrected chi connectivity index (χ4v) is 1.86. The minimum absolute atomic E-state index is 0.106. The van der Waals surface area contributed by atoms with Crippen LogP contribution in [0.4, 0.5) is 0 Å². The minimum Gasteiger partial charge on any atom is -0.356 e. The van der Waals surface area contributed by atoms with Crippen LogP contribution in [0.2, 0.25) is 0 Å². The molecule has 0 atom stereocenters. The lowest BCUT2D eigenvalue weighted by Crippen LogP contribution is -2.40. The van der Waals surface area contributed by atoms with Gasteiger partial charge < -0.3 is 5.32 Å². The van der Waals surface area contributed by atoms with Crippen LogP contribution < -0.4 is 5.32 Å². The number of hydrogen-bond donors (Lipinski definition) is 1. The van der Waals surface area contributed by atoms with Gasteiger partial charge in [0.05, 0.1) is 0 Å². The third-order valence-electron chi connectivity index (χ3n) is 2.90. The lowest BCUT2D eigenvalue weighted by atomic mass is 9.77. The van der Waals surface area contributed by atoms with Crippen molar-refractivity contribution < 1.29 is 4.79 Å². The van der Waals surface area contributed by atoms with Crippen LogP contribution in [0.15, 0.2) is 0 Å². The number of rotatable bonds is 6. The van der Waals surface area contributed by atoms with E-state index in [1.165, 1.54) is 0 Å². The van der Waals surface area contributed by atoms with Crippen LogP contribution in [0.25, 0.3) is 0 Å². The summed E-state index contributed by atoms with van der Waals surface area (Å²) in [6, 6.07) is 0. The van der Waals surface area contributed by atoms with E-state index in [1.54, 1.807) is 0 Å². The number of amides is 1. The van der Waals surface area contributed by atoms with Gasteiger partial charge in [-0.1, -0.05) is 27.2 Å². The summed E-state index contributed by atoms with van der Waals surface area (Å²) in [5, 5.41) is 2.93. The zero-order chi connectivity index (χ0) is 10.3. The highest BCUT2D eigenvalue weighted by molar-refractivity contribution is 5.82. The molecule has 2 heteroatoms. The number of carbonyl (C=O) groups is 1. The van der Waals surface area contributed by atoms with Crippen molar-refractivity contribution in [3.8, 4) is 0 Å². The average Bonchev–Trinajstić information content (AvgIpc) is 2.14. The Labute approximate surface area is 82.1 Å². The largest absolute Gasteiger partial charge is 0.356 e. The van der Waals surface area contributed by atoms with Crippen molar-refractivity contribution in [2.45, 2.75) is 53.4 Å². The first kappa shape index (κ1) is 12.5. The molecule has 2 nitrogen and oxygen atoms in total. The summed E-state index contributed by atoms with van der Waals surface area (Å²) in [4.78, 5) is 11.8. The molecule has 0 aromatic heterocycles. The van der Waals surface area contributed by atoms with Crippen LogP contribution in [0.3, 0.4) is 0 Å². The molecule has 0 aliphatic carbocycles. The fourth-order valence-electron chi connectivity index (χ4n) is 1.86. The SMILES string of the molecule is CCCC(CC)(CC)C(=O)NCC. The first-order valence-electron chi connectivity index (χ1n) is 5.45. The standard InChI is InChI=1S/C11H23NO/c1-5-9-11(6-2,7-3)10(13)12-8-4/h5-9H2,1-4H3,(H,12,13). The third-order valence-corrected chi connectivity index (χ3v) is 2.90. The molecule has 0 radical (unpaired) electrons. The van der Waals surface area contributed by atoms with Crippen LogP contribution in [-0.4, -0.2) is 12.5 Å². The Hall–Kier alpha value is -0.530. The Balaban J connectivity index is 4.43. The molecule has 0 aromatic rings. The van der Waals surface area contributed by atoms with Crippen molar-refractivity contribution in [2.75, 3.05) is 6.54 Å². The van der Waals surface area contributed by atoms with Crippen molar-refractivity contribution in [1.29, 1.82) is 0 Å². The molecule has 0 heterocycles. The van der Waals surface area contributed by atoms with E-state index in [0.29, 0.717) is 0 Å². The van der Waals surface area contributed by atoms with Gasteiger partial charge in [0, 0.05) is 12.0 Å². The van der Waals surface area contributed by atoms with Gasteiger partial charge in [-0.3, -0.25) is 4.79 Å². The molecule has 0 aliphatic rings. The van der Waals surface area contributed by atoms with Gasteiger partial charge in [-0.15, -0.1) is 0 Å². The maximum absolute atomic E-state index is 11.8. The molecule has 0 aromatic carbocycles. The van der Waals surface area contributed by atoms with Crippen molar-refractivity contribution in [3.05, 3.63) is 0 Å². The highest BCUT2D eigenvalue weighted by atomic mass is 16.2. The summed E-state index contributed by atoms with van der Waals surface area (Å²) in [5.41, 5.74) is -0.106. The molecular weight excluding hydrogens is 162 g/mol. The Morgan fingerprint density at radius 3 is 2.00 bits per heavy atom. The molecule has 0 unspecified atom stereocenters. The topological polar surface area (TPSA) is 29.1 Å². The Morgan fingerprint density at radius 1 is 1.15 bits per heavy atom. The smallest absolute Gasteiger partial charge is 0.226 e. The molecule has 0 spiro atoms. The quantitative estimate of drug-likeness (QED) is 0.677. The fraction of sp³-hybridized carbons (Fsp3) is 0.909. The second kappa shape index (κ2) is 6.01. The van der Waals surface area contributed by atoms with E-state index >= 15 is 0 Å². The van der Waals surface area contributed by atoms with Crippen LogP contribution in [0.5, 0.6) is 0 Å². The van der Waals surface area contributed by atoms with Crippen LogP contribution in [0.1, 0.15) is 53.4 Å². The van der Waals surface area contributed by atoms with Gasteiger partial charge in [-0.2, -0.15) is 0 Å². The molecule has 0 rings (SSSR count). The van der Waals surface area contributed by atoms with Crippen LogP contribution in [-0.2, 0) is 4.79 Å². The molecule has 1 N–H and O–H groups in total. The zero-order valence-corrected chi connectivity index (χ0v) is 9.44. The Morgan fingerprint density at radius 2 is 1.69 bits per heavy atom. The van der Waals surface area contributed by atoms with Gasteiger partial charge >= 0.3 is 0 Å². The van der Waals surface area contributed by atoms with Gasteiger partial charge in [-0.25, -0.2) is 0 Å². The molecule has 0 fully saturated rings. The van der Waals surface area contributed by atoms with Crippen LogP contribution in [0, 0.1) is 5.41 Å². The number of hydrogen-bond acceptors (Lipinski definition) is 1. The van der Waals surface area contributed by atoms with Crippen molar-refractivity contribution in [2.24, 2.45) is 5.41 Å². The Kier molecular flexibility index (Phi) is 5.76. The molecular formula is C11H23NO. The van der Waals surface area contributed by atoms with Crippen LogP contribution >= 0.6 is 0 Å². The second-order valence-electron chi connectivity index (χ2n) is 3.60. The molecule has 0 saturated heterocycles. The van der Waals surface area contributed by atoms with E-state index in [0.717, 1.165) is 32.2 Å². The first-order valence-corrected chi connectivity index (χ1v) is 5.45. The van der Waals surface area contributed by atoms with E-state index in [2.05, 4.69) is 26.1 Å². The first-order chi connectivity index (χ1) is 6.16. The van der Waals surface area contributed by atoms with E-state index in [4.69, 9.17) is 0 Å². The summed E-state index contributed by atoms with van der Waals surface area (Å²) < 4.78 is 0. The summed E-state index contributed by atoms with van der Waals surface area (Å²) >= 11 is 0. The minimum atomic E-state index is -0.106. The molecule has 0 saturated carbocycles.